The molecule has 112 valence electrons. The van der Waals surface area contributed by atoms with Crippen LogP contribution in [0.3, 0.4) is 0 Å². The minimum atomic E-state index is -3.22. The molecular weight excluding hydrogens is 300 g/mol. The molecule has 1 atom stereocenters. The van der Waals surface area contributed by atoms with E-state index in [-0.39, 0.29) is 29.3 Å². The highest BCUT2D eigenvalue weighted by Crippen LogP contribution is 2.14. The van der Waals surface area contributed by atoms with Crippen molar-refractivity contribution < 1.29 is 13.2 Å². The Morgan fingerprint density at radius 3 is 2.40 bits per heavy atom. The molecule has 1 aliphatic heterocycles. The largest absolute Gasteiger partial charge is 0.333 e. The van der Waals surface area contributed by atoms with Gasteiger partial charge in [0.15, 0.2) is 9.84 Å². The van der Waals surface area contributed by atoms with Gasteiger partial charge in [0.2, 0.25) is 0 Å². The van der Waals surface area contributed by atoms with Crippen molar-refractivity contribution in [1.29, 1.82) is 0 Å². The molecule has 0 bridgehead atoms. The van der Waals surface area contributed by atoms with Crippen LogP contribution in [-0.2, 0) is 9.84 Å². The molecule has 1 heterocycles. The van der Waals surface area contributed by atoms with Crippen LogP contribution in [0.1, 0.15) is 17.3 Å². The summed E-state index contributed by atoms with van der Waals surface area (Å²) in [6.07, 6.45) is 1.15. The highest BCUT2D eigenvalue weighted by atomic mass is 35.5. The fourth-order valence-electron chi connectivity index (χ4n) is 2.15. The van der Waals surface area contributed by atoms with Gasteiger partial charge in [-0.3, -0.25) is 4.79 Å². The van der Waals surface area contributed by atoms with Gasteiger partial charge in [-0.05, 0) is 31.2 Å². The Balaban J connectivity index is 0.00000200. The van der Waals surface area contributed by atoms with Gasteiger partial charge in [-0.1, -0.05) is 0 Å². The number of rotatable bonds is 2. The smallest absolute Gasteiger partial charge is 0.254 e. The number of sulfone groups is 1. The summed E-state index contributed by atoms with van der Waals surface area (Å²) in [4.78, 5) is 14.4. The molecule has 0 aromatic heterocycles. The first-order chi connectivity index (χ1) is 8.89. The summed E-state index contributed by atoms with van der Waals surface area (Å²) in [7, 11) is -3.22. The van der Waals surface area contributed by atoms with Gasteiger partial charge in [0.1, 0.15) is 0 Å². The minimum absolute atomic E-state index is 0. The van der Waals surface area contributed by atoms with E-state index in [1.165, 1.54) is 12.1 Å². The lowest BCUT2D eigenvalue weighted by atomic mass is 10.1. The molecule has 1 fully saturated rings. The van der Waals surface area contributed by atoms with Crippen molar-refractivity contribution in [2.75, 3.05) is 25.9 Å². The summed E-state index contributed by atoms with van der Waals surface area (Å²) in [6, 6.07) is 6.27. The maximum atomic E-state index is 12.3. The first-order valence-corrected chi connectivity index (χ1v) is 8.10. The van der Waals surface area contributed by atoms with E-state index < -0.39 is 9.84 Å². The minimum Gasteiger partial charge on any atom is -0.333 e. The van der Waals surface area contributed by atoms with E-state index in [2.05, 4.69) is 5.32 Å². The number of amides is 1. The van der Waals surface area contributed by atoms with Gasteiger partial charge >= 0.3 is 0 Å². The number of benzene rings is 1. The number of hydrogen-bond acceptors (Lipinski definition) is 4. The highest BCUT2D eigenvalue weighted by Gasteiger charge is 2.24. The lowest BCUT2D eigenvalue weighted by Crippen LogP contribution is -2.52. The van der Waals surface area contributed by atoms with Gasteiger partial charge in [0, 0.05) is 37.5 Å². The molecule has 7 heteroatoms. The third-order valence-corrected chi connectivity index (χ3v) is 4.42. The Kier molecular flexibility index (Phi) is 5.56. The molecule has 0 aliphatic carbocycles. The van der Waals surface area contributed by atoms with Gasteiger partial charge in [-0.2, -0.15) is 0 Å². The van der Waals surface area contributed by atoms with Crippen LogP contribution >= 0.6 is 12.4 Å². The first kappa shape index (κ1) is 16.9. The Labute approximate surface area is 125 Å². The van der Waals surface area contributed by atoms with Crippen LogP contribution in [0.4, 0.5) is 0 Å². The molecule has 1 aromatic rings. The molecule has 0 spiro atoms. The Bertz CT molecular complexity index is 572. The third-order valence-electron chi connectivity index (χ3n) is 3.29. The molecule has 0 radical (unpaired) electrons. The van der Waals surface area contributed by atoms with E-state index in [9.17, 15) is 13.2 Å². The van der Waals surface area contributed by atoms with Gasteiger partial charge in [-0.25, -0.2) is 8.42 Å². The van der Waals surface area contributed by atoms with Crippen LogP contribution in [0.25, 0.3) is 0 Å². The fraction of sp³-hybridized carbons (Fsp3) is 0.462. The molecule has 1 aliphatic rings. The second kappa shape index (κ2) is 6.56. The van der Waals surface area contributed by atoms with Crippen LogP contribution < -0.4 is 5.32 Å². The SMILES string of the molecule is C[C@@H]1CNCCN1C(=O)c1ccc(S(C)(=O)=O)cc1.Cl. The molecule has 0 unspecified atom stereocenters. The molecule has 20 heavy (non-hydrogen) atoms. The van der Waals surface area contributed by atoms with Gasteiger partial charge < -0.3 is 10.2 Å². The Morgan fingerprint density at radius 1 is 1.30 bits per heavy atom. The predicted octanol–water partition coefficient (Wildman–Crippen LogP) is 0.946. The van der Waals surface area contributed by atoms with Crippen LogP contribution in [0.5, 0.6) is 0 Å². The molecule has 1 aromatic carbocycles. The van der Waals surface area contributed by atoms with Crippen LogP contribution in [-0.4, -0.2) is 51.2 Å². The number of nitrogens with one attached hydrogen (secondary N) is 1. The summed E-state index contributed by atoms with van der Waals surface area (Å²) >= 11 is 0. The van der Waals surface area contributed by atoms with Gasteiger partial charge in [-0.15, -0.1) is 12.4 Å². The molecule has 1 saturated heterocycles. The normalized spacial score (nSPS) is 19.3. The van der Waals surface area contributed by atoms with Gasteiger partial charge in [0.25, 0.3) is 5.91 Å². The topological polar surface area (TPSA) is 66.5 Å². The number of nitrogens with zero attached hydrogens (tertiary/aromatic N) is 1. The molecule has 0 saturated carbocycles. The number of carbonyl (C=O) groups excluding carboxylic acids is 1. The van der Waals surface area contributed by atoms with Crippen molar-refractivity contribution in [2.45, 2.75) is 17.9 Å². The van der Waals surface area contributed by atoms with Gasteiger partial charge in [0.05, 0.1) is 4.90 Å². The summed E-state index contributed by atoms with van der Waals surface area (Å²) in [6.45, 7) is 4.24. The molecule has 1 N–H and O–H groups in total. The quantitative estimate of drug-likeness (QED) is 0.881. The van der Waals surface area contributed by atoms with E-state index in [4.69, 9.17) is 0 Å². The predicted molar refractivity (Wildman–Crippen MR) is 80.2 cm³/mol. The van der Waals surface area contributed by atoms with Crippen molar-refractivity contribution in [3.8, 4) is 0 Å². The Hall–Kier alpha value is -1.11. The van der Waals surface area contributed by atoms with E-state index in [0.717, 1.165) is 19.3 Å². The van der Waals surface area contributed by atoms with E-state index in [1.807, 2.05) is 11.8 Å². The van der Waals surface area contributed by atoms with Crippen molar-refractivity contribution >= 4 is 28.2 Å². The number of piperazine rings is 1. The average Bonchev–Trinajstić information content (AvgIpc) is 2.38. The highest BCUT2D eigenvalue weighted by molar-refractivity contribution is 7.90. The molecule has 5 nitrogen and oxygen atoms in total. The summed E-state index contributed by atoms with van der Waals surface area (Å²) in [5.41, 5.74) is 0.529. The monoisotopic (exact) mass is 318 g/mol. The average molecular weight is 319 g/mol. The van der Waals surface area contributed by atoms with Crippen molar-refractivity contribution in [3.63, 3.8) is 0 Å². The fourth-order valence-corrected chi connectivity index (χ4v) is 2.78. The van der Waals surface area contributed by atoms with E-state index >= 15 is 0 Å². The maximum absolute atomic E-state index is 12.3. The zero-order chi connectivity index (χ0) is 14.0. The molecule has 1 amide bonds. The molecular formula is C13H19ClN2O3S. The molecule has 2 rings (SSSR count). The third kappa shape index (κ3) is 3.71. The Morgan fingerprint density at radius 2 is 1.90 bits per heavy atom. The van der Waals surface area contributed by atoms with Crippen LogP contribution in [0.2, 0.25) is 0 Å². The number of hydrogen-bond donors (Lipinski definition) is 1. The number of halogens is 1. The number of carbonyl (C=O) groups is 1. The standard InChI is InChI=1S/C13H18N2O3S.ClH/c1-10-9-14-7-8-15(10)13(16)11-3-5-12(6-4-11)19(2,17)18;/h3-6,10,14H,7-9H2,1-2H3;1H/t10-;/m1./s1. The maximum Gasteiger partial charge on any atom is 0.254 e. The van der Waals surface area contributed by atoms with E-state index in [1.54, 1.807) is 12.1 Å². The zero-order valence-electron chi connectivity index (χ0n) is 11.5. The lowest BCUT2D eigenvalue weighted by Gasteiger charge is -2.34. The van der Waals surface area contributed by atoms with Crippen molar-refractivity contribution in [3.05, 3.63) is 29.8 Å². The lowest BCUT2D eigenvalue weighted by molar-refractivity contribution is 0.0655. The van der Waals surface area contributed by atoms with Crippen molar-refractivity contribution in [2.24, 2.45) is 0 Å². The summed E-state index contributed by atoms with van der Waals surface area (Å²) in [5, 5.41) is 3.23. The van der Waals surface area contributed by atoms with E-state index in [0.29, 0.717) is 12.1 Å². The first-order valence-electron chi connectivity index (χ1n) is 6.21. The second-order valence-corrected chi connectivity index (χ2v) is 6.86. The summed E-state index contributed by atoms with van der Waals surface area (Å²) < 4.78 is 22.7. The zero-order valence-corrected chi connectivity index (χ0v) is 13.1. The summed E-state index contributed by atoms with van der Waals surface area (Å²) in [5.74, 6) is -0.0472. The second-order valence-electron chi connectivity index (χ2n) is 4.85. The van der Waals surface area contributed by atoms with Crippen LogP contribution in [0, 0.1) is 0 Å². The van der Waals surface area contributed by atoms with Crippen molar-refractivity contribution in [1.82, 2.24) is 10.2 Å². The van der Waals surface area contributed by atoms with Crippen LogP contribution in [0.15, 0.2) is 29.2 Å².